The molecule has 6 nitrogen and oxygen atoms in total. The minimum Gasteiger partial charge on any atom is -0.497 e. The van der Waals surface area contributed by atoms with Gasteiger partial charge < -0.3 is 4.74 Å². The van der Waals surface area contributed by atoms with Crippen molar-refractivity contribution in [3.63, 3.8) is 0 Å². The predicted octanol–water partition coefficient (Wildman–Crippen LogP) is 3.40. The van der Waals surface area contributed by atoms with Crippen molar-refractivity contribution in [3.8, 4) is 11.4 Å². The van der Waals surface area contributed by atoms with Crippen molar-refractivity contribution in [1.82, 2.24) is 9.78 Å². The molecule has 0 atom stereocenters. The zero-order chi connectivity index (χ0) is 16.9. The smallest absolute Gasteiger partial charge is 0.292 e. The molecule has 122 valence electrons. The normalized spacial score (nSPS) is 10.9. The topological polar surface area (TPSA) is 68.5 Å². The Kier molecular flexibility index (Phi) is 4.93. The van der Waals surface area contributed by atoms with Crippen LogP contribution in [0.5, 0.6) is 5.75 Å². The number of thiophene rings is 1. The lowest BCUT2D eigenvalue weighted by atomic mass is 10.3. The molecule has 0 spiro atoms. The standard InChI is InChI=1S/C16H13ClN4O2S/c1-23-12-6-4-11(5-7-12)21-16(22)15(17)14(10-19-21)20-18-9-13-3-2-8-24-13/h2-10,20H,1H3/b18-9-. The fourth-order valence-corrected chi connectivity index (χ4v) is 2.70. The Bertz CT molecular complexity index is 905. The third kappa shape index (κ3) is 3.47. The molecule has 24 heavy (non-hydrogen) atoms. The van der Waals surface area contributed by atoms with Gasteiger partial charge in [0.15, 0.2) is 0 Å². The maximum Gasteiger partial charge on any atom is 0.292 e. The molecule has 0 saturated heterocycles. The number of methoxy groups -OCH3 is 1. The van der Waals surface area contributed by atoms with Gasteiger partial charge in [-0.25, -0.2) is 0 Å². The number of nitrogens with zero attached hydrogens (tertiary/aromatic N) is 3. The van der Waals surface area contributed by atoms with E-state index >= 15 is 0 Å². The van der Waals surface area contributed by atoms with Crippen LogP contribution in [0.1, 0.15) is 4.88 Å². The molecule has 0 aliphatic carbocycles. The maximum atomic E-state index is 12.4. The van der Waals surface area contributed by atoms with Crippen LogP contribution in [0.2, 0.25) is 5.02 Å². The Morgan fingerprint density at radius 3 is 2.79 bits per heavy atom. The molecule has 1 N–H and O–H groups in total. The van der Waals surface area contributed by atoms with Crippen LogP contribution in [0, 0.1) is 0 Å². The maximum absolute atomic E-state index is 12.4. The highest BCUT2D eigenvalue weighted by Gasteiger charge is 2.10. The summed E-state index contributed by atoms with van der Waals surface area (Å²) in [6.07, 6.45) is 3.11. The van der Waals surface area contributed by atoms with Crippen molar-refractivity contribution in [2.45, 2.75) is 0 Å². The summed E-state index contributed by atoms with van der Waals surface area (Å²) in [5.74, 6) is 0.694. The van der Waals surface area contributed by atoms with Crippen LogP contribution < -0.4 is 15.7 Å². The minimum atomic E-state index is -0.432. The number of hydrazone groups is 1. The van der Waals surface area contributed by atoms with Crippen molar-refractivity contribution in [2.24, 2.45) is 5.10 Å². The predicted molar refractivity (Wildman–Crippen MR) is 96.9 cm³/mol. The van der Waals surface area contributed by atoms with Crippen molar-refractivity contribution in [3.05, 3.63) is 68.2 Å². The monoisotopic (exact) mass is 360 g/mol. The van der Waals surface area contributed by atoms with Crippen LogP contribution in [0.3, 0.4) is 0 Å². The Labute approximate surface area is 147 Å². The summed E-state index contributed by atoms with van der Waals surface area (Å²) in [6.45, 7) is 0. The van der Waals surface area contributed by atoms with Crippen LogP contribution in [0.25, 0.3) is 5.69 Å². The molecule has 0 aliphatic rings. The summed E-state index contributed by atoms with van der Waals surface area (Å²) < 4.78 is 6.31. The molecule has 1 aromatic carbocycles. The van der Waals surface area contributed by atoms with E-state index in [1.165, 1.54) is 10.9 Å². The zero-order valence-corrected chi connectivity index (χ0v) is 14.2. The van der Waals surface area contributed by atoms with E-state index in [-0.39, 0.29) is 5.02 Å². The quantitative estimate of drug-likeness (QED) is 0.559. The first kappa shape index (κ1) is 16.2. The van der Waals surface area contributed by atoms with Crippen molar-refractivity contribution < 1.29 is 4.74 Å². The van der Waals surface area contributed by atoms with E-state index in [1.807, 2.05) is 17.5 Å². The van der Waals surface area contributed by atoms with Gasteiger partial charge in [-0.3, -0.25) is 10.2 Å². The van der Waals surface area contributed by atoms with E-state index in [4.69, 9.17) is 16.3 Å². The summed E-state index contributed by atoms with van der Waals surface area (Å²) in [5.41, 5.74) is 3.25. The average Bonchev–Trinajstić information content (AvgIpc) is 3.12. The summed E-state index contributed by atoms with van der Waals surface area (Å²) in [7, 11) is 1.58. The van der Waals surface area contributed by atoms with Crippen LogP contribution in [0.4, 0.5) is 5.69 Å². The van der Waals surface area contributed by atoms with E-state index in [2.05, 4.69) is 15.6 Å². The van der Waals surface area contributed by atoms with Gasteiger partial charge in [0, 0.05) is 4.88 Å². The minimum absolute atomic E-state index is 0.0177. The lowest BCUT2D eigenvalue weighted by Gasteiger charge is -2.08. The number of halogens is 1. The van der Waals surface area contributed by atoms with Gasteiger partial charge >= 0.3 is 0 Å². The summed E-state index contributed by atoms with van der Waals surface area (Å²) in [6, 6.07) is 10.8. The highest BCUT2D eigenvalue weighted by atomic mass is 35.5. The number of aromatic nitrogens is 2. The number of ether oxygens (including phenoxy) is 1. The Morgan fingerprint density at radius 1 is 1.33 bits per heavy atom. The second-order valence-electron chi connectivity index (χ2n) is 4.67. The molecule has 0 amide bonds. The third-order valence-corrected chi connectivity index (χ3v) is 4.33. The molecule has 8 heteroatoms. The average molecular weight is 361 g/mol. The van der Waals surface area contributed by atoms with Crippen LogP contribution in [0.15, 0.2) is 57.9 Å². The second-order valence-corrected chi connectivity index (χ2v) is 6.03. The van der Waals surface area contributed by atoms with E-state index < -0.39 is 5.56 Å². The van der Waals surface area contributed by atoms with E-state index in [1.54, 1.807) is 48.9 Å². The number of rotatable bonds is 5. The van der Waals surface area contributed by atoms with E-state index in [0.717, 1.165) is 4.88 Å². The van der Waals surface area contributed by atoms with Gasteiger partial charge in [-0.15, -0.1) is 11.3 Å². The van der Waals surface area contributed by atoms with Crippen LogP contribution in [-0.4, -0.2) is 23.1 Å². The number of nitrogens with one attached hydrogen (secondary N) is 1. The van der Waals surface area contributed by atoms with Gasteiger partial charge in [-0.05, 0) is 35.7 Å². The lowest BCUT2D eigenvalue weighted by Crippen LogP contribution is -2.22. The Morgan fingerprint density at radius 2 is 2.12 bits per heavy atom. The highest BCUT2D eigenvalue weighted by molar-refractivity contribution is 7.11. The fraction of sp³-hybridized carbons (Fsp3) is 0.0625. The number of hydrogen-bond donors (Lipinski definition) is 1. The summed E-state index contributed by atoms with van der Waals surface area (Å²) in [5, 5.41) is 10.2. The molecule has 0 fully saturated rings. The number of hydrogen-bond acceptors (Lipinski definition) is 6. The second kappa shape index (κ2) is 7.29. The first-order chi connectivity index (χ1) is 11.7. The van der Waals surface area contributed by atoms with Gasteiger partial charge in [-0.2, -0.15) is 14.9 Å². The molecule has 2 aromatic heterocycles. The first-order valence-corrected chi connectivity index (χ1v) is 8.19. The van der Waals surface area contributed by atoms with Crippen molar-refractivity contribution >= 4 is 34.8 Å². The molecular formula is C16H13ClN4O2S. The SMILES string of the molecule is COc1ccc(-n2ncc(N/N=C\c3cccs3)c(Cl)c2=O)cc1. The van der Waals surface area contributed by atoms with Gasteiger partial charge in [0.05, 0.1) is 25.2 Å². The molecule has 0 bridgehead atoms. The Balaban J connectivity index is 1.84. The van der Waals surface area contributed by atoms with Crippen LogP contribution >= 0.6 is 22.9 Å². The van der Waals surface area contributed by atoms with Gasteiger partial charge in [0.2, 0.25) is 0 Å². The van der Waals surface area contributed by atoms with Gasteiger partial charge in [0.1, 0.15) is 16.5 Å². The molecule has 0 aliphatic heterocycles. The third-order valence-electron chi connectivity index (χ3n) is 3.16. The summed E-state index contributed by atoms with van der Waals surface area (Å²) in [4.78, 5) is 13.4. The zero-order valence-electron chi connectivity index (χ0n) is 12.6. The molecule has 3 aromatic rings. The molecular weight excluding hydrogens is 348 g/mol. The van der Waals surface area contributed by atoms with E-state index in [9.17, 15) is 4.79 Å². The number of benzene rings is 1. The highest BCUT2D eigenvalue weighted by Crippen LogP contribution is 2.18. The first-order valence-electron chi connectivity index (χ1n) is 6.94. The largest absolute Gasteiger partial charge is 0.497 e. The van der Waals surface area contributed by atoms with Gasteiger partial charge in [0.25, 0.3) is 5.56 Å². The number of anilines is 1. The molecule has 3 rings (SSSR count). The van der Waals surface area contributed by atoms with Crippen molar-refractivity contribution in [2.75, 3.05) is 12.5 Å². The van der Waals surface area contributed by atoms with E-state index in [0.29, 0.717) is 17.1 Å². The Hall–Kier alpha value is -2.64. The molecule has 0 radical (unpaired) electrons. The molecule has 0 unspecified atom stereocenters. The van der Waals surface area contributed by atoms with Gasteiger partial charge in [-0.1, -0.05) is 17.7 Å². The fourth-order valence-electron chi connectivity index (χ4n) is 1.95. The molecule has 2 heterocycles. The molecule has 0 saturated carbocycles. The lowest BCUT2D eigenvalue weighted by molar-refractivity contribution is 0.414. The van der Waals surface area contributed by atoms with Crippen molar-refractivity contribution in [1.29, 1.82) is 0 Å². The summed E-state index contributed by atoms with van der Waals surface area (Å²) >= 11 is 7.69. The van der Waals surface area contributed by atoms with Crippen LogP contribution in [-0.2, 0) is 0 Å².